The van der Waals surface area contributed by atoms with E-state index in [-0.39, 0.29) is 11.9 Å². The molecule has 0 saturated heterocycles. The highest BCUT2D eigenvalue weighted by atomic mass is 16.5. The van der Waals surface area contributed by atoms with Gasteiger partial charge in [0.2, 0.25) is 5.91 Å². The molecule has 1 heterocycles. The minimum Gasteiger partial charge on any atom is -0.383 e. The minimum absolute atomic E-state index is 0.0922. The van der Waals surface area contributed by atoms with Crippen LogP contribution in [0.1, 0.15) is 29.2 Å². The number of fused-ring (bicyclic) bond motifs is 1. The SMILES string of the molecule is COCC(N)c1cc(C)c2c(c1)CCC(=O)N2. The van der Waals surface area contributed by atoms with E-state index in [1.165, 1.54) is 5.56 Å². The molecule has 17 heavy (non-hydrogen) atoms. The third kappa shape index (κ3) is 2.48. The van der Waals surface area contributed by atoms with Crippen molar-refractivity contribution in [3.05, 3.63) is 28.8 Å². The normalized spacial score (nSPS) is 16.3. The molecule has 0 bridgehead atoms. The van der Waals surface area contributed by atoms with Gasteiger partial charge in [0.1, 0.15) is 0 Å². The Bertz CT molecular complexity index is 443. The number of rotatable bonds is 3. The number of aryl methyl sites for hydroxylation is 2. The molecule has 0 fully saturated rings. The first-order valence-electron chi connectivity index (χ1n) is 5.79. The lowest BCUT2D eigenvalue weighted by Crippen LogP contribution is -2.22. The van der Waals surface area contributed by atoms with Crippen molar-refractivity contribution in [3.63, 3.8) is 0 Å². The van der Waals surface area contributed by atoms with Gasteiger partial charge >= 0.3 is 0 Å². The number of carbonyl (C=O) groups is 1. The van der Waals surface area contributed by atoms with Gasteiger partial charge < -0.3 is 15.8 Å². The molecule has 1 amide bonds. The summed E-state index contributed by atoms with van der Waals surface area (Å²) in [5, 5.41) is 2.92. The van der Waals surface area contributed by atoms with Gasteiger partial charge in [-0.05, 0) is 30.0 Å². The van der Waals surface area contributed by atoms with E-state index < -0.39 is 0 Å². The summed E-state index contributed by atoms with van der Waals surface area (Å²) in [6.45, 7) is 2.50. The van der Waals surface area contributed by atoms with Gasteiger partial charge in [-0.2, -0.15) is 0 Å². The van der Waals surface area contributed by atoms with Gasteiger partial charge in [-0.15, -0.1) is 0 Å². The second-order valence-electron chi connectivity index (χ2n) is 4.48. The van der Waals surface area contributed by atoms with Crippen LogP contribution in [0.3, 0.4) is 0 Å². The van der Waals surface area contributed by atoms with Crippen molar-refractivity contribution in [2.75, 3.05) is 19.0 Å². The van der Waals surface area contributed by atoms with E-state index in [1.807, 2.05) is 13.0 Å². The Balaban J connectivity index is 2.34. The first kappa shape index (κ1) is 12.1. The summed E-state index contributed by atoms with van der Waals surface area (Å²) in [5.41, 5.74) is 10.3. The fraction of sp³-hybridized carbons (Fsp3) is 0.462. The minimum atomic E-state index is -0.110. The lowest BCUT2D eigenvalue weighted by molar-refractivity contribution is -0.116. The molecule has 1 unspecified atom stereocenters. The molecule has 0 aliphatic carbocycles. The van der Waals surface area contributed by atoms with Gasteiger partial charge in [-0.3, -0.25) is 4.79 Å². The fourth-order valence-electron chi connectivity index (χ4n) is 2.21. The first-order chi connectivity index (χ1) is 8.11. The third-order valence-corrected chi connectivity index (χ3v) is 3.10. The van der Waals surface area contributed by atoms with Crippen molar-refractivity contribution in [2.45, 2.75) is 25.8 Å². The summed E-state index contributed by atoms with van der Waals surface area (Å²) in [4.78, 5) is 11.3. The average Bonchev–Trinajstić information content (AvgIpc) is 2.30. The van der Waals surface area contributed by atoms with E-state index in [0.717, 1.165) is 23.2 Å². The van der Waals surface area contributed by atoms with Gasteiger partial charge in [0.05, 0.1) is 12.6 Å². The Morgan fingerprint density at radius 1 is 1.47 bits per heavy atom. The molecular formula is C13H18N2O2. The molecule has 1 atom stereocenters. The third-order valence-electron chi connectivity index (χ3n) is 3.10. The van der Waals surface area contributed by atoms with E-state index in [9.17, 15) is 4.79 Å². The summed E-state index contributed by atoms with van der Waals surface area (Å²) < 4.78 is 5.06. The Labute approximate surface area is 101 Å². The average molecular weight is 234 g/mol. The lowest BCUT2D eigenvalue weighted by atomic mass is 9.94. The van der Waals surface area contributed by atoms with Crippen LogP contribution in [0.25, 0.3) is 0 Å². The summed E-state index contributed by atoms with van der Waals surface area (Å²) >= 11 is 0. The number of amides is 1. The van der Waals surface area contributed by atoms with E-state index in [2.05, 4.69) is 11.4 Å². The predicted molar refractivity (Wildman–Crippen MR) is 66.9 cm³/mol. The molecule has 1 aromatic rings. The number of anilines is 1. The van der Waals surface area contributed by atoms with Crippen molar-refractivity contribution >= 4 is 11.6 Å². The number of methoxy groups -OCH3 is 1. The Morgan fingerprint density at radius 3 is 2.94 bits per heavy atom. The van der Waals surface area contributed by atoms with E-state index in [4.69, 9.17) is 10.5 Å². The summed E-state index contributed by atoms with van der Waals surface area (Å²) in [6.07, 6.45) is 1.34. The largest absolute Gasteiger partial charge is 0.383 e. The fourth-order valence-corrected chi connectivity index (χ4v) is 2.21. The maximum atomic E-state index is 11.3. The summed E-state index contributed by atoms with van der Waals surface area (Å²) in [7, 11) is 1.64. The second kappa shape index (κ2) is 4.85. The maximum Gasteiger partial charge on any atom is 0.224 e. The molecule has 92 valence electrons. The molecule has 0 saturated carbocycles. The van der Waals surface area contributed by atoms with Crippen LogP contribution in [-0.4, -0.2) is 19.6 Å². The van der Waals surface area contributed by atoms with Gasteiger partial charge in [0.15, 0.2) is 0 Å². The zero-order valence-corrected chi connectivity index (χ0v) is 10.2. The topological polar surface area (TPSA) is 64.3 Å². The number of hydrogen-bond donors (Lipinski definition) is 2. The monoisotopic (exact) mass is 234 g/mol. The van der Waals surface area contributed by atoms with Gasteiger partial charge in [0, 0.05) is 19.2 Å². The first-order valence-corrected chi connectivity index (χ1v) is 5.79. The van der Waals surface area contributed by atoms with Crippen LogP contribution < -0.4 is 11.1 Å². The van der Waals surface area contributed by atoms with Crippen LogP contribution in [0.5, 0.6) is 0 Å². The van der Waals surface area contributed by atoms with Crippen LogP contribution in [0.2, 0.25) is 0 Å². The molecule has 0 radical (unpaired) electrons. The summed E-state index contributed by atoms with van der Waals surface area (Å²) in [6, 6.07) is 3.99. The van der Waals surface area contributed by atoms with Crippen molar-refractivity contribution in [3.8, 4) is 0 Å². The molecule has 3 N–H and O–H groups in total. The van der Waals surface area contributed by atoms with Crippen LogP contribution >= 0.6 is 0 Å². The zero-order valence-electron chi connectivity index (χ0n) is 10.2. The highest BCUT2D eigenvalue weighted by molar-refractivity contribution is 5.94. The van der Waals surface area contributed by atoms with Crippen molar-refractivity contribution in [2.24, 2.45) is 5.73 Å². The molecule has 1 aromatic carbocycles. The van der Waals surface area contributed by atoms with Gasteiger partial charge in [-0.25, -0.2) is 0 Å². The Morgan fingerprint density at radius 2 is 2.24 bits per heavy atom. The number of carbonyl (C=O) groups excluding carboxylic acids is 1. The van der Waals surface area contributed by atoms with Crippen molar-refractivity contribution < 1.29 is 9.53 Å². The zero-order chi connectivity index (χ0) is 12.4. The molecule has 1 aliphatic rings. The number of nitrogens with one attached hydrogen (secondary N) is 1. The van der Waals surface area contributed by atoms with Crippen molar-refractivity contribution in [1.29, 1.82) is 0 Å². The Kier molecular flexibility index (Phi) is 3.45. The number of ether oxygens (including phenoxy) is 1. The van der Waals surface area contributed by atoms with Gasteiger partial charge in [-0.1, -0.05) is 12.1 Å². The molecule has 0 aromatic heterocycles. The maximum absolute atomic E-state index is 11.3. The van der Waals surface area contributed by atoms with E-state index in [1.54, 1.807) is 7.11 Å². The molecule has 1 aliphatic heterocycles. The Hall–Kier alpha value is -1.39. The number of benzene rings is 1. The van der Waals surface area contributed by atoms with Crippen LogP contribution in [0.15, 0.2) is 12.1 Å². The quantitative estimate of drug-likeness (QED) is 0.833. The number of nitrogens with two attached hydrogens (primary N) is 1. The molecule has 0 spiro atoms. The standard InChI is InChI=1S/C13H18N2O2/c1-8-5-10(11(14)7-17-2)6-9-3-4-12(16)15-13(8)9/h5-6,11H,3-4,7,14H2,1-2H3,(H,15,16). The molecular weight excluding hydrogens is 216 g/mol. The molecule has 2 rings (SSSR count). The predicted octanol–water partition coefficient (Wildman–Crippen LogP) is 1.53. The van der Waals surface area contributed by atoms with Crippen LogP contribution in [-0.2, 0) is 16.0 Å². The highest BCUT2D eigenvalue weighted by Gasteiger charge is 2.18. The molecule has 4 nitrogen and oxygen atoms in total. The summed E-state index contributed by atoms with van der Waals surface area (Å²) in [5.74, 6) is 0.0922. The number of hydrogen-bond acceptors (Lipinski definition) is 3. The van der Waals surface area contributed by atoms with Gasteiger partial charge in [0.25, 0.3) is 0 Å². The van der Waals surface area contributed by atoms with Crippen LogP contribution in [0, 0.1) is 6.92 Å². The second-order valence-corrected chi connectivity index (χ2v) is 4.48. The van der Waals surface area contributed by atoms with Crippen LogP contribution in [0.4, 0.5) is 5.69 Å². The smallest absolute Gasteiger partial charge is 0.224 e. The highest BCUT2D eigenvalue weighted by Crippen LogP contribution is 2.29. The lowest BCUT2D eigenvalue weighted by Gasteiger charge is -2.22. The van der Waals surface area contributed by atoms with E-state index in [0.29, 0.717) is 13.0 Å². The van der Waals surface area contributed by atoms with Crippen molar-refractivity contribution in [1.82, 2.24) is 0 Å². The van der Waals surface area contributed by atoms with E-state index >= 15 is 0 Å². The molecule has 4 heteroatoms.